The van der Waals surface area contributed by atoms with Crippen LogP contribution < -0.4 is 10.2 Å². The smallest absolute Gasteiger partial charge is 0.151 e. The molecule has 0 amide bonds. The van der Waals surface area contributed by atoms with E-state index in [1.807, 2.05) is 12.1 Å². The van der Waals surface area contributed by atoms with Gasteiger partial charge in [-0.25, -0.2) is 0 Å². The van der Waals surface area contributed by atoms with E-state index in [-0.39, 0.29) is 0 Å². The van der Waals surface area contributed by atoms with Crippen LogP contribution in [0.3, 0.4) is 0 Å². The van der Waals surface area contributed by atoms with Gasteiger partial charge in [0.15, 0.2) is 5.82 Å². The van der Waals surface area contributed by atoms with E-state index in [2.05, 4.69) is 41.2 Å². The van der Waals surface area contributed by atoms with Crippen LogP contribution in [0.15, 0.2) is 12.1 Å². The van der Waals surface area contributed by atoms with Crippen molar-refractivity contribution in [2.75, 3.05) is 31.7 Å². The average molecular weight is 252 g/mol. The summed E-state index contributed by atoms with van der Waals surface area (Å²) in [5, 5.41) is 11.8. The summed E-state index contributed by atoms with van der Waals surface area (Å²) in [5.41, 5.74) is 0.969. The Morgan fingerprint density at radius 1 is 1.33 bits per heavy atom. The molecule has 0 radical (unpaired) electrons. The first-order chi connectivity index (χ1) is 8.69. The summed E-state index contributed by atoms with van der Waals surface area (Å²) in [7, 11) is 1.71. The largest absolute Gasteiger partial charge is 0.383 e. The number of anilines is 1. The molecule has 0 atom stereocenters. The molecule has 1 N–H and O–H groups in total. The van der Waals surface area contributed by atoms with E-state index < -0.39 is 0 Å². The van der Waals surface area contributed by atoms with Crippen LogP contribution in [0.25, 0.3) is 0 Å². The monoisotopic (exact) mass is 252 g/mol. The first kappa shape index (κ1) is 14.9. The van der Waals surface area contributed by atoms with Crippen LogP contribution in [0.4, 0.5) is 5.82 Å². The van der Waals surface area contributed by atoms with Crippen molar-refractivity contribution in [2.24, 2.45) is 0 Å². The van der Waals surface area contributed by atoms with Crippen LogP contribution in [-0.4, -0.2) is 43.0 Å². The Balaban J connectivity index is 2.67. The van der Waals surface area contributed by atoms with Crippen molar-refractivity contribution in [3.8, 4) is 0 Å². The Kier molecular flexibility index (Phi) is 6.60. The predicted molar refractivity (Wildman–Crippen MR) is 73.8 cm³/mol. The maximum atomic E-state index is 5.12. The van der Waals surface area contributed by atoms with Gasteiger partial charge in [0.25, 0.3) is 0 Å². The molecular weight excluding hydrogens is 228 g/mol. The quantitative estimate of drug-likeness (QED) is 0.759. The number of aromatic nitrogens is 2. The van der Waals surface area contributed by atoms with Crippen molar-refractivity contribution < 1.29 is 4.74 Å². The zero-order valence-corrected chi connectivity index (χ0v) is 11.8. The van der Waals surface area contributed by atoms with E-state index in [1.165, 1.54) is 0 Å². The van der Waals surface area contributed by atoms with Gasteiger partial charge in [0.2, 0.25) is 0 Å². The fourth-order valence-corrected chi connectivity index (χ4v) is 1.68. The first-order valence-electron chi connectivity index (χ1n) is 6.48. The lowest BCUT2D eigenvalue weighted by Crippen LogP contribution is -2.34. The van der Waals surface area contributed by atoms with Crippen LogP contribution in [0.1, 0.15) is 26.5 Å². The molecule has 0 fully saturated rings. The fourth-order valence-electron chi connectivity index (χ4n) is 1.68. The van der Waals surface area contributed by atoms with Gasteiger partial charge in [0.05, 0.1) is 12.3 Å². The lowest BCUT2D eigenvalue weighted by atomic mass is 10.3. The second-order valence-electron chi connectivity index (χ2n) is 4.44. The van der Waals surface area contributed by atoms with Crippen molar-refractivity contribution in [2.45, 2.75) is 33.4 Å². The highest BCUT2D eigenvalue weighted by atomic mass is 16.5. The molecule has 0 bridgehead atoms. The summed E-state index contributed by atoms with van der Waals surface area (Å²) in [6.45, 7) is 9.59. The molecule has 1 aromatic heterocycles. The van der Waals surface area contributed by atoms with Gasteiger partial charge in [-0.2, -0.15) is 5.10 Å². The molecule has 1 rings (SSSR count). The van der Waals surface area contributed by atoms with Crippen molar-refractivity contribution in [3.63, 3.8) is 0 Å². The molecule has 1 aromatic rings. The minimum absolute atomic E-state index is 0.383. The number of rotatable bonds is 8. The van der Waals surface area contributed by atoms with Crippen LogP contribution >= 0.6 is 0 Å². The Morgan fingerprint density at radius 3 is 2.61 bits per heavy atom. The number of ether oxygens (including phenoxy) is 1. The molecule has 0 aliphatic carbocycles. The standard InChI is InChI=1S/C13H24N4O/c1-5-14-10-12-6-7-13(16-15-12)17(11(2)3)8-9-18-4/h6-7,11,14H,5,8-10H2,1-4H3. The van der Waals surface area contributed by atoms with Gasteiger partial charge in [-0.05, 0) is 32.5 Å². The molecule has 0 spiro atoms. The van der Waals surface area contributed by atoms with Gasteiger partial charge >= 0.3 is 0 Å². The fraction of sp³-hybridized carbons (Fsp3) is 0.692. The summed E-state index contributed by atoms with van der Waals surface area (Å²) in [5.74, 6) is 0.905. The van der Waals surface area contributed by atoms with Gasteiger partial charge in [-0.3, -0.25) is 0 Å². The van der Waals surface area contributed by atoms with E-state index in [0.29, 0.717) is 12.6 Å². The SMILES string of the molecule is CCNCc1ccc(N(CCOC)C(C)C)nn1. The Labute approximate surface area is 110 Å². The second-order valence-corrected chi connectivity index (χ2v) is 4.44. The lowest BCUT2D eigenvalue weighted by Gasteiger charge is -2.27. The van der Waals surface area contributed by atoms with Crippen molar-refractivity contribution in [1.29, 1.82) is 0 Å². The minimum Gasteiger partial charge on any atom is -0.383 e. The number of nitrogens with one attached hydrogen (secondary N) is 1. The summed E-state index contributed by atoms with van der Waals surface area (Å²) in [6.07, 6.45) is 0. The average Bonchev–Trinajstić information content (AvgIpc) is 2.38. The van der Waals surface area contributed by atoms with Crippen LogP contribution in [0.2, 0.25) is 0 Å². The molecular formula is C13H24N4O. The number of hydrogen-bond donors (Lipinski definition) is 1. The van der Waals surface area contributed by atoms with Crippen LogP contribution in [-0.2, 0) is 11.3 Å². The van der Waals surface area contributed by atoms with Crippen LogP contribution in [0, 0.1) is 0 Å². The number of methoxy groups -OCH3 is 1. The summed E-state index contributed by atoms with van der Waals surface area (Å²) >= 11 is 0. The molecule has 0 aliphatic heterocycles. The van der Waals surface area contributed by atoms with Gasteiger partial charge in [0.1, 0.15) is 0 Å². The molecule has 0 saturated heterocycles. The van der Waals surface area contributed by atoms with Crippen LogP contribution in [0.5, 0.6) is 0 Å². The highest BCUT2D eigenvalue weighted by molar-refractivity contribution is 5.38. The minimum atomic E-state index is 0.383. The maximum absolute atomic E-state index is 5.12. The molecule has 5 nitrogen and oxygen atoms in total. The van der Waals surface area contributed by atoms with Gasteiger partial charge < -0.3 is 15.0 Å². The lowest BCUT2D eigenvalue weighted by molar-refractivity contribution is 0.203. The van der Waals surface area contributed by atoms with E-state index in [0.717, 1.165) is 31.1 Å². The molecule has 0 unspecified atom stereocenters. The normalized spacial score (nSPS) is 10.9. The van der Waals surface area contributed by atoms with E-state index in [4.69, 9.17) is 4.74 Å². The molecule has 0 saturated carbocycles. The van der Waals surface area contributed by atoms with Crippen molar-refractivity contribution >= 4 is 5.82 Å². The summed E-state index contributed by atoms with van der Waals surface area (Å²) < 4.78 is 5.12. The maximum Gasteiger partial charge on any atom is 0.151 e. The second kappa shape index (κ2) is 8.00. The van der Waals surface area contributed by atoms with Crippen molar-refractivity contribution in [1.82, 2.24) is 15.5 Å². The zero-order chi connectivity index (χ0) is 13.4. The Bertz CT molecular complexity index is 326. The number of nitrogens with zero attached hydrogens (tertiary/aromatic N) is 3. The summed E-state index contributed by atoms with van der Waals surface area (Å²) in [6, 6.07) is 4.43. The van der Waals surface area contributed by atoms with E-state index in [9.17, 15) is 0 Å². The van der Waals surface area contributed by atoms with Gasteiger partial charge in [-0.15, -0.1) is 5.10 Å². The number of hydrogen-bond acceptors (Lipinski definition) is 5. The Hall–Kier alpha value is -1.20. The third-order valence-electron chi connectivity index (χ3n) is 2.72. The zero-order valence-electron chi connectivity index (χ0n) is 11.8. The van der Waals surface area contributed by atoms with Gasteiger partial charge in [-0.1, -0.05) is 6.92 Å². The molecule has 18 heavy (non-hydrogen) atoms. The van der Waals surface area contributed by atoms with E-state index >= 15 is 0 Å². The van der Waals surface area contributed by atoms with E-state index in [1.54, 1.807) is 7.11 Å². The molecule has 102 valence electrons. The predicted octanol–water partition coefficient (Wildman–Crippen LogP) is 1.45. The molecule has 5 heteroatoms. The Morgan fingerprint density at radius 2 is 2.11 bits per heavy atom. The summed E-state index contributed by atoms with van der Waals surface area (Å²) in [4.78, 5) is 2.19. The highest BCUT2D eigenvalue weighted by Crippen LogP contribution is 2.12. The molecule has 0 aliphatic rings. The molecule has 1 heterocycles. The molecule has 0 aromatic carbocycles. The van der Waals surface area contributed by atoms with Gasteiger partial charge in [0, 0.05) is 26.2 Å². The highest BCUT2D eigenvalue weighted by Gasteiger charge is 2.11. The third-order valence-corrected chi connectivity index (χ3v) is 2.72. The topological polar surface area (TPSA) is 50.3 Å². The first-order valence-corrected chi connectivity index (χ1v) is 6.48. The van der Waals surface area contributed by atoms with Crippen molar-refractivity contribution in [3.05, 3.63) is 17.8 Å². The third kappa shape index (κ3) is 4.58.